The number of hydrogen-bond acceptors (Lipinski definition) is 5. The summed E-state index contributed by atoms with van der Waals surface area (Å²) < 4.78 is 4.74. The lowest BCUT2D eigenvalue weighted by Crippen LogP contribution is -2.52. The molecule has 0 aromatic carbocycles. The average molecular weight is 286 g/mol. The summed E-state index contributed by atoms with van der Waals surface area (Å²) in [5.41, 5.74) is 0. The molecule has 6 heteroatoms. The highest BCUT2D eigenvalue weighted by atomic mass is 16.5. The molecule has 0 spiro atoms. The quantitative estimate of drug-likeness (QED) is 0.658. The van der Waals surface area contributed by atoms with Gasteiger partial charge in [-0.05, 0) is 12.8 Å². The van der Waals surface area contributed by atoms with Crippen LogP contribution in [0.15, 0.2) is 0 Å². The summed E-state index contributed by atoms with van der Waals surface area (Å²) in [4.78, 5) is 25.0. The van der Waals surface area contributed by atoms with Gasteiger partial charge < -0.3 is 15.2 Å². The molecular weight excluding hydrogens is 260 g/mol. The summed E-state index contributed by atoms with van der Waals surface area (Å²) >= 11 is 0. The molecule has 1 fully saturated rings. The Kier molecular flexibility index (Phi) is 7.54. The van der Waals surface area contributed by atoms with Crippen molar-refractivity contribution in [3.8, 4) is 0 Å². The van der Waals surface area contributed by atoms with Gasteiger partial charge in [0.2, 0.25) is 5.91 Å². The summed E-state index contributed by atoms with van der Waals surface area (Å²) in [5, 5.41) is 11.8. The Balaban J connectivity index is 2.67. The lowest BCUT2D eigenvalue weighted by molar-refractivity contribution is -0.145. The van der Waals surface area contributed by atoms with Gasteiger partial charge in [-0.1, -0.05) is 19.3 Å². The molecule has 0 heterocycles. The number of esters is 1. The normalized spacial score (nSPS) is 17.8. The van der Waals surface area contributed by atoms with Crippen molar-refractivity contribution in [3.63, 3.8) is 0 Å². The van der Waals surface area contributed by atoms with Gasteiger partial charge in [0.15, 0.2) is 0 Å². The molecule has 1 saturated carbocycles. The van der Waals surface area contributed by atoms with E-state index in [1.165, 1.54) is 33.3 Å². The van der Waals surface area contributed by atoms with E-state index in [9.17, 15) is 14.7 Å². The zero-order chi connectivity index (χ0) is 15.0. The zero-order valence-corrected chi connectivity index (χ0v) is 12.4. The number of aliphatic hydroxyl groups excluding tert-OH is 1. The number of nitrogens with zero attached hydrogens (tertiary/aromatic N) is 1. The number of nitrogens with one attached hydrogen (secondary N) is 1. The standard InChI is InChI=1S/C14H26N2O4/c1-11(18)15-13(14(19)20-2)10-16(8-9-17)12-6-4-3-5-7-12/h12-13,17H,3-10H2,1-2H3,(H,15,18). The molecule has 6 nitrogen and oxygen atoms in total. The Hall–Kier alpha value is -1.14. The summed E-state index contributed by atoms with van der Waals surface area (Å²) in [6.07, 6.45) is 5.75. The summed E-state index contributed by atoms with van der Waals surface area (Å²) in [6.45, 7) is 2.33. The highest BCUT2D eigenvalue weighted by molar-refractivity contribution is 5.83. The number of aliphatic hydroxyl groups is 1. The number of amides is 1. The molecule has 0 saturated heterocycles. The van der Waals surface area contributed by atoms with E-state index in [1.54, 1.807) is 0 Å². The molecule has 2 N–H and O–H groups in total. The smallest absolute Gasteiger partial charge is 0.329 e. The van der Waals surface area contributed by atoms with Crippen molar-refractivity contribution >= 4 is 11.9 Å². The Bertz CT molecular complexity index is 316. The third-order valence-corrected chi connectivity index (χ3v) is 3.76. The minimum atomic E-state index is -0.675. The molecule has 20 heavy (non-hydrogen) atoms. The molecule has 116 valence electrons. The van der Waals surface area contributed by atoms with Crippen LogP contribution in [0.2, 0.25) is 0 Å². The molecule has 1 amide bonds. The Morgan fingerprint density at radius 1 is 1.35 bits per heavy atom. The van der Waals surface area contributed by atoms with Crippen molar-refractivity contribution in [3.05, 3.63) is 0 Å². The first kappa shape index (κ1) is 16.9. The van der Waals surface area contributed by atoms with E-state index in [0.29, 0.717) is 19.1 Å². The monoisotopic (exact) mass is 286 g/mol. The lowest BCUT2D eigenvalue weighted by atomic mass is 9.94. The maximum absolute atomic E-state index is 11.7. The predicted molar refractivity (Wildman–Crippen MR) is 75.2 cm³/mol. The lowest BCUT2D eigenvalue weighted by Gasteiger charge is -2.35. The molecule has 1 atom stereocenters. The topological polar surface area (TPSA) is 78.9 Å². The second-order valence-corrected chi connectivity index (χ2v) is 5.29. The van der Waals surface area contributed by atoms with Crippen LogP contribution >= 0.6 is 0 Å². The van der Waals surface area contributed by atoms with Crippen LogP contribution in [0.3, 0.4) is 0 Å². The molecule has 0 aromatic rings. The Labute approximate surface area is 120 Å². The van der Waals surface area contributed by atoms with E-state index in [1.807, 2.05) is 0 Å². The first-order valence-electron chi connectivity index (χ1n) is 7.28. The first-order valence-corrected chi connectivity index (χ1v) is 7.28. The molecule has 0 bridgehead atoms. The van der Waals surface area contributed by atoms with E-state index >= 15 is 0 Å². The minimum Gasteiger partial charge on any atom is -0.467 e. The van der Waals surface area contributed by atoms with Gasteiger partial charge in [0.25, 0.3) is 0 Å². The minimum absolute atomic E-state index is 0.0461. The van der Waals surface area contributed by atoms with Crippen molar-refractivity contribution in [2.45, 2.75) is 51.1 Å². The van der Waals surface area contributed by atoms with E-state index < -0.39 is 12.0 Å². The van der Waals surface area contributed by atoms with Crippen molar-refractivity contribution in [1.29, 1.82) is 0 Å². The average Bonchev–Trinajstić information content (AvgIpc) is 2.45. The second kappa shape index (κ2) is 8.92. The number of carbonyl (C=O) groups is 2. The summed E-state index contributed by atoms with van der Waals surface area (Å²) in [5.74, 6) is -0.702. The van der Waals surface area contributed by atoms with Crippen molar-refractivity contribution in [2.24, 2.45) is 0 Å². The van der Waals surface area contributed by atoms with Gasteiger partial charge >= 0.3 is 5.97 Å². The zero-order valence-electron chi connectivity index (χ0n) is 12.4. The van der Waals surface area contributed by atoms with E-state index in [4.69, 9.17) is 4.74 Å². The van der Waals surface area contributed by atoms with E-state index in [2.05, 4.69) is 10.2 Å². The number of carbonyl (C=O) groups excluding carboxylic acids is 2. The molecule has 1 unspecified atom stereocenters. The van der Waals surface area contributed by atoms with Gasteiger partial charge in [-0.25, -0.2) is 4.79 Å². The fourth-order valence-corrected chi connectivity index (χ4v) is 2.80. The highest BCUT2D eigenvalue weighted by Gasteiger charge is 2.27. The van der Waals surface area contributed by atoms with Crippen LogP contribution in [0, 0.1) is 0 Å². The van der Waals surface area contributed by atoms with E-state index in [0.717, 1.165) is 12.8 Å². The molecule has 1 rings (SSSR count). The van der Waals surface area contributed by atoms with Crippen LogP contribution in [-0.2, 0) is 14.3 Å². The highest BCUT2D eigenvalue weighted by Crippen LogP contribution is 2.22. The van der Waals surface area contributed by atoms with E-state index in [-0.39, 0.29) is 12.5 Å². The molecular formula is C14H26N2O4. The van der Waals surface area contributed by atoms with Crippen LogP contribution in [0.4, 0.5) is 0 Å². The predicted octanol–water partition coefficient (Wildman–Crippen LogP) is 0.291. The summed E-state index contributed by atoms with van der Waals surface area (Å²) in [6, 6.07) is -0.303. The molecule has 1 aliphatic carbocycles. The maximum Gasteiger partial charge on any atom is 0.329 e. The van der Waals surface area contributed by atoms with Crippen LogP contribution < -0.4 is 5.32 Å². The fourth-order valence-electron chi connectivity index (χ4n) is 2.80. The van der Waals surface area contributed by atoms with Crippen LogP contribution in [0.1, 0.15) is 39.0 Å². The van der Waals surface area contributed by atoms with Crippen molar-refractivity contribution < 1.29 is 19.4 Å². The molecule has 0 radical (unpaired) electrons. The molecule has 0 aliphatic heterocycles. The second-order valence-electron chi connectivity index (χ2n) is 5.29. The Morgan fingerprint density at radius 3 is 2.50 bits per heavy atom. The number of hydrogen-bond donors (Lipinski definition) is 2. The van der Waals surface area contributed by atoms with Crippen LogP contribution in [0.25, 0.3) is 0 Å². The molecule has 0 aromatic heterocycles. The maximum atomic E-state index is 11.7. The number of rotatable bonds is 7. The largest absolute Gasteiger partial charge is 0.467 e. The van der Waals surface area contributed by atoms with Gasteiger partial charge in [-0.15, -0.1) is 0 Å². The fraction of sp³-hybridized carbons (Fsp3) is 0.857. The SMILES string of the molecule is COC(=O)C(CN(CCO)C1CCCCC1)NC(C)=O. The Morgan fingerprint density at radius 2 is 2.00 bits per heavy atom. The number of methoxy groups -OCH3 is 1. The van der Waals surface area contributed by atoms with Crippen LogP contribution in [-0.4, -0.2) is 60.8 Å². The van der Waals surface area contributed by atoms with Crippen molar-refractivity contribution in [2.75, 3.05) is 26.8 Å². The van der Waals surface area contributed by atoms with Gasteiger partial charge in [-0.3, -0.25) is 9.69 Å². The molecule has 1 aliphatic rings. The first-order chi connectivity index (χ1) is 9.58. The summed E-state index contributed by atoms with van der Waals surface area (Å²) in [7, 11) is 1.31. The third kappa shape index (κ3) is 5.46. The van der Waals surface area contributed by atoms with Crippen LogP contribution in [0.5, 0.6) is 0 Å². The van der Waals surface area contributed by atoms with Gasteiger partial charge in [-0.2, -0.15) is 0 Å². The third-order valence-electron chi connectivity index (χ3n) is 3.76. The van der Waals surface area contributed by atoms with Gasteiger partial charge in [0.1, 0.15) is 6.04 Å². The van der Waals surface area contributed by atoms with Crippen molar-refractivity contribution in [1.82, 2.24) is 10.2 Å². The number of ether oxygens (including phenoxy) is 1. The van der Waals surface area contributed by atoms with Gasteiger partial charge in [0, 0.05) is 26.1 Å². The van der Waals surface area contributed by atoms with Gasteiger partial charge in [0.05, 0.1) is 13.7 Å².